The predicted octanol–water partition coefficient (Wildman–Crippen LogP) is -0.710. The highest BCUT2D eigenvalue weighted by Crippen LogP contribution is 2.07. The molecule has 0 saturated heterocycles. The van der Waals surface area contributed by atoms with Crippen LogP contribution in [0.2, 0.25) is 0 Å². The highest BCUT2D eigenvalue weighted by Gasteiger charge is 2.15. The van der Waals surface area contributed by atoms with Crippen LogP contribution in [0.15, 0.2) is 0 Å². The zero-order chi connectivity index (χ0) is 15.6. The third-order valence-corrected chi connectivity index (χ3v) is 5.29. The van der Waals surface area contributed by atoms with Crippen molar-refractivity contribution in [3.05, 3.63) is 0 Å². The lowest BCUT2D eigenvalue weighted by Crippen LogP contribution is -2.32. The smallest absolute Gasteiger partial charge is 0.322 e. The van der Waals surface area contributed by atoms with Crippen molar-refractivity contribution in [2.24, 2.45) is 11.5 Å². The number of amides is 1. The first-order valence-electron chi connectivity index (χ1n) is 6.27. The number of esters is 1. The lowest BCUT2D eigenvalue weighted by atomic mass is 10.2. The van der Waals surface area contributed by atoms with Gasteiger partial charge < -0.3 is 16.2 Å². The molecule has 4 N–H and O–H groups in total. The van der Waals surface area contributed by atoms with Gasteiger partial charge in [-0.2, -0.15) is 11.8 Å². The summed E-state index contributed by atoms with van der Waals surface area (Å²) in [6.45, 7) is 1.99. The minimum absolute atomic E-state index is 0.0143. The van der Waals surface area contributed by atoms with Crippen LogP contribution in [0, 0.1) is 0 Å². The van der Waals surface area contributed by atoms with E-state index in [9.17, 15) is 18.0 Å². The van der Waals surface area contributed by atoms with Crippen LogP contribution >= 0.6 is 11.8 Å². The Hall–Kier alpha value is -0.800. The van der Waals surface area contributed by atoms with Gasteiger partial charge in [0, 0.05) is 12.2 Å². The maximum atomic E-state index is 11.5. The summed E-state index contributed by atoms with van der Waals surface area (Å²) in [4.78, 5) is 21.7. The molecule has 1 atom stereocenters. The Morgan fingerprint density at radius 2 is 1.90 bits per heavy atom. The molecule has 0 spiro atoms. The monoisotopic (exact) mass is 326 g/mol. The van der Waals surface area contributed by atoms with Gasteiger partial charge in [0.15, 0.2) is 9.84 Å². The van der Waals surface area contributed by atoms with Crippen LogP contribution in [0.3, 0.4) is 0 Å². The minimum atomic E-state index is -3.25. The average molecular weight is 326 g/mol. The molecule has 0 saturated carbocycles. The first-order valence-corrected chi connectivity index (χ1v) is 9.24. The van der Waals surface area contributed by atoms with E-state index in [1.165, 1.54) is 11.8 Å². The first-order chi connectivity index (χ1) is 9.28. The molecule has 0 aromatic rings. The van der Waals surface area contributed by atoms with Crippen LogP contribution < -0.4 is 11.5 Å². The fourth-order valence-electron chi connectivity index (χ4n) is 1.22. The topological polar surface area (TPSA) is 130 Å². The van der Waals surface area contributed by atoms with Gasteiger partial charge in [-0.25, -0.2) is 8.42 Å². The molecule has 0 aliphatic heterocycles. The number of rotatable bonds is 11. The second kappa shape index (κ2) is 10.0. The Labute approximate surface area is 123 Å². The first kappa shape index (κ1) is 19.2. The SMILES string of the molecule is CCOC(=O)C(N)CCSCCS(=O)(=O)CCC(N)=O. The third kappa shape index (κ3) is 10.0. The molecule has 0 rings (SSSR count). The number of ether oxygens (including phenoxy) is 1. The lowest BCUT2D eigenvalue weighted by molar-refractivity contribution is -0.144. The van der Waals surface area contributed by atoms with Crippen LogP contribution in [-0.4, -0.2) is 56.0 Å². The van der Waals surface area contributed by atoms with Crippen molar-refractivity contribution < 1.29 is 22.7 Å². The summed E-state index contributed by atoms with van der Waals surface area (Å²) < 4.78 is 27.8. The Kier molecular flexibility index (Phi) is 9.60. The van der Waals surface area contributed by atoms with Gasteiger partial charge >= 0.3 is 5.97 Å². The highest BCUT2D eigenvalue weighted by molar-refractivity contribution is 8.00. The van der Waals surface area contributed by atoms with Gasteiger partial charge in [-0.15, -0.1) is 0 Å². The van der Waals surface area contributed by atoms with Crippen LogP contribution in [0.4, 0.5) is 0 Å². The summed E-state index contributed by atoms with van der Waals surface area (Å²) in [7, 11) is -3.25. The number of sulfone groups is 1. The molecule has 0 aliphatic rings. The van der Waals surface area contributed by atoms with Gasteiger partial charge in [0.2, 0.25) is 5.91 Å². The number of thioether (sulfide) groups is 1. The molecule has 0 radical (unpaired) electrons. The summed E-state index contributed by atoms with van der Waals surface area (Å²) in [5, 5.41) is 0. The van der Waals surface area contributed by atoms with Crippen molar-refractivity contribution in [1.29, 1.82) is 0 Å². The largest absolute Gasteiger partial charge is 0.465 e. The van der Waals surface area contributed by atoms with Crippen LogP contribution in [0.5, 0.6) is 0 Å². The zero-order valence-corrected chi connectivity index (χ0v) is 13.2. The van der Waals surface area contributed by atoms with E-state index in [0.29, 0.717) is 17.9 Å². The third-order valence-electron chi connectivity index (χ3n) is 2.36. The van der Waals surface area contributed by atoms with E-state index in [0.717, 1.165) is 0 Å². The van der Waals surface area contributed by atoms with Gasteiger partial charge in [-0.1, -0.05) is 0 Å². The second-order valence-corrected chi connectivity index (χ2v) is 7.66. The van der Waals surface area contributed by atoms with Crippen molar-refractivity contribution in [2.45, 2.75) is 25.8 Å². The summed E-state index contributed by atoms with van der Waals surface area (Å²) in [6, 6.07) is -0.672. The molecule has 0 heterocycles. The molecule has 0 aromatic carbocycles. The summed E-state index contributed by atoms with van der Waals surface area (Å²) in [5.74, 6) is -0.323. The van der Waals surface area contributed by atoms with Crippen molar-refractivity contribution >= 4 is 33.5 Å². The Morgan fingerprint density at radius 3 is 2.45 bits per heavy atom. The maximum absolute atomic E-state index is 11.5. The van der Waals surface area contributed by atoms with Crippen LogP contribution in [0.25, 0.3) is 0 Å². The Balaban J connectivity index is 3.76. The molecule has 0 aromatic heterocycles. The number of carbonyl (C=O) groups is 2. The number of carbonyl (C=O) groups excluding carboxylic acids is 2. The molecule has 7 nitrogen and oxygen atoms in total. The molecule has 9 heteroatoms. The van der Waals surface area contributed by atoms with Gasteiger partial charge in [-0.3, -0.25) is 9.59 Å². The van der Waals surface area contributed by atoms with Crippen molar-refractivity contribution in [3.8, 4) is 0 Å². The minimum Gasteiger partial charge on any atom is -0.465 e. The molecule has 0 aliphatic carbocycles. The van der Waals surface area contributed by atoms with E-state index in [4.69, 9.17) is 16.2 Å². The van der Waals surface area contributed by atoms with Crippen molar-refractivity contribution in [2.75, 3.05) is 29.6 Å². The zero-order valence-electron chi connectivity index (χ0n) is 11.5. The highest BCUT2D eigenvalue weighted by atomic mass is 32.2. The molecular weight excluding hydrogens is 304 g/mol. The van der Waals surface area contributed by atoms with E-state index in [-0.39, 0.29) is 24.5 Å². The maximum Gasteiger partial charge on any atom is 0.322 e. The predicted molar refractivity (Wildman–Crippen MR) is 79.0 cm³/mol. The molecule has 0 bridgehead atoms. The number of hydrogen-bond acceptors (Lipinski definition) is 7. The molecule has 1 amide bonds. The van der Waals surface area contributed by atoms with E-state index < -0.39 is 27.8 Å². The van der Waals surface area contributed by atoms with E-state index in [1.54, 1.807) is 6.92 Å². The number of primary amides is 1. The van der Waals surface area contributed by atoms with Crippen molar-refractivity contribution in [3.63, 3.8) is 0 Å². The van der Waals surface area contributed by atoms with Gasteiger partial charge in [-0.05, 0) is 19.1 Å². The quantitative estimate of drug-likeness (QED) is 0.379. The molecule has 0 fully saturated rings. The van der Waals surface area contributed by atoms with E-state index in [2.05, 4.69) is 0 Å². The van der Waals surface area contributed by atoms with E-state index in [1.807, 2.05) is 0 Å². The lowest BCUT2D eigenvalue weighted by Gasteiger charge is -2.10. The van der Waals surface area contributed by atoms with Crippen LogP contribution in [-0.2, 0) is 24.2 Å². The Morgan fingerprint density at radius 1 is 1.25 bits per heavy atom. The second-order valence-electron chi connectivity index (χ2n) is 4.13. The fraction of sp³-hybridized carbons (Fsp3) is 0.818. The normalized spacial score (nSPS) is 12.9. The standard InChI is InChI=1S/C11H22N2O5S2/c1-2-18-11(15)9(12)3-5-19-6-8-20(16,17)7-4-10(13)14/h9H,2-8,12H2,1H3,(H2,13,14). The molecule has 20 heavy (non-hydrogen) atoms. The van der Waals surface area contributed by atoms with E-state index >= 15 is 0 Å². The molecule has 118 valence electrons. The number of nitrogens with two attached hydrogens (primary N) is 2. The summed E-state index contributed by atoms with van der Waals surface area (Å²) in [6.07, 6.45) is 0.283. The molecular formula is C11H22N2O5S2. The molecule has 1 unspecified atom stereocenters. The van der Waals surface area contributed by atoms with Crippen molar-refractivity contribution in [1.82, 2.24) is 0 Å². The van der Waals surface area contributed by atoms with Gasteiger partial charge in [0.25, 0.3) is 0 Å². The fourth-order valence-corrected chi connectivity index (χ4v) is 4.05. The summed E-state index contributed by atoms with van der Waals surface area (Å²) in [5.41, 5.74) is 10.5. The van der Waals surface area contributed by atoms with Gasteiger partial charge in [0.05, 0.1) is 18.1 Å². The summed E-state index contributed by atoms with van der Waals surface area (Å²) >= 11 is 1.40. The van der Waals surface area contributed by atoms with Crippen LogP contribution in [0.1, 0.15) is 19.8 Å². The Bertz CT molecular complexity index is 411. The number of hydrogen-bond donors (Lipinski definition) is 2. The average Bonchev–Trinajstić information content (AvgIpc) is 2.36. The van der Waals surface area contributed by atoms with Gasteiger partial charge in [0.1, 0.15) is 6.04 Å².